The fourth-order valence-electron chi connectivity index (χ4n) is 3.69. The van der Waals surface area contributed by atoms with Crippen LogP contribution in [0.15, 0.2) is 30.3 Å². The van der Waals surface area contributed by atoms with E-state index in [1.54, 1.807) is 6.92 Å². The van der Waals surface area contributed by atoms with Crippen LogP contribution in [0.3, 0.4) is 0 Å². The fraction of sp³-hybridized carbons (Fsp3) is 0.524. The van der Waals surface area contributed by atoms with Crippen molar-refractivity contribution in [3.05, 3.63) is 35.9 Å². The molecular weight excluding hydrogens is 358 g/mol. The SMILES string of the molecule is CCC(CC)C(NC(=O)C[C@H](N)c1ccccc1)C(=O)[C@@H]1C(=O)NC(=O)[C@H]1C. The van der Waals surface area contributed by atoms with Gasteiger partial charge in [-0.3, -0.25) is 24.5 Å². The van der Waals surface area contributed by atoms with Gasteiger partial charge in [0.25, 0.3) is 0 Å². The number of carbonyl (C=O) groups excluding carboxylic acids is 4. The molecule has 4 atom stereocenters. The van der Waals surface area contributed by atoms with Crippen LogP contribution in [0, 0.1) is 17.8 Å². The molecule has 1 heterocycles. The first-order valence-corrected chi connectivity index (χ1v) is 9.78. The molecule has 1 unspecified atom stereocenters. The minimum Gasteiger partial charge on any atom is -0.346 e. The number of imide groups is 1. The first-order chi connectivity index (χ1) is 13.3. The van der Waals surface area contributed by atoms with E-state index in [0.717, 1.165) is 5.56 Å². The molecule has 152 valence electrons. The summed E-state index contributed by atoms with van der Waals surface area (Å²) < 4.78 is 0. The second-order valence-electron chi connectivity index (χ2n) is 7.37. The maximum absolute atomic E-state index is 13.1. The number of carbonyl (C=O) groups is 4. The standard InChI is InChI=1S/C21H29N3O4/c1-4-13(5-2)18(19(26)17-12(3)20(27)24-21(17)28)23-16(25)11-15(22)14-9-7-6-8-10-14/h6-10,12-13,15,17-18H,4-5,11,22H2,1-3H3,(H,23,25)(H,24,27,28)/t12-,15-,17+,18?/m0/s1. The van der Waals surface area contributed by atoms with Gasteiger partial charge in [0.1, 0.15) is 5.92 Å². The van der Waals surface area contributed by atoms with Crippen molar-refractivity contribution in [1.82, 2.24) is 10.6 Å². The summed E-state index contributed by atoms with van der Waals surface area (Å²) in [5.74, 6) is -3.73. The number of Topliss-reactive ketones (excluding diaryl/α,β-unsaturated/α-hetero) is 1. The van der Waals surface area contributed by atoms with Gasteiger partial charge in [-0.25, -0.2) is 0 Å². The van der Waals surface area contributed by atoms with Crippen LogP contribution in [0.25, 0.3) is 0 Å². The molecule has 0 radical (unpaired) electrons. The average Bonchev–Trinajstić information content (AvgIpc) is 2.93. The van der Waals surface area contributed by atoms with Crippen LogP contribution in [-0.4, -0.2) is 29.5 Å². The number of ketones is 1. The van der Waals surface area contributed by atoms with Gasteiger partial charge in [-0.1, -0.05) is 63.9 Å². The number of hydrogen-bond donors (Lipinski definition) is 3. The summed E-state index contributed by atoms with van der Waals surface area (Å²) >= 11 is 0. The maximum atomic E-state index is 13.1. The molecule has 2 rings (SSSR count). The number of nitrogens with one attached hydrogen (secondary N) is 2. The van der Waals surface area contributed by atoms with Gasteiger partial charge >= 0.3 is 0 Å². The molecule has 1 fully saturated rings. The smallest absolute Gasteiger partial charge is 0.238 e. The Morgan fingerprint density at radius 2 is 1.71 bits per heavy atom. The third-order valence-corrected chi connectivity index (χ3v) is 5.53. The van der Waals surface area contributed by atoms with Gasteiger partial charge in [0, 0.05) is 12.5 Å². The van der Waals surface area contributed by atoms with E-state index in [0.29, 0.717) is 12.8 Å². The van der Waals surface area contributed by atoms with Gasteiger partial charge in [0.2, 0.25) is 17.7 Å². The second kappa shape index (κ2) is 9.59. The molecule has 1 saturated heterocycles. The molecule has 0 aliphatic carbocycles. The molecule has 1 aromatic carbocycles. The van der Waals surface area contributed by atoms with Crippen LogP contribution < -0.4 is 16.4 Å². The Balaban J connectivity index is 2.14. The lowest BCUT2D eigenvalue weighted by molar-refractivity contribution is -0.137. The van der Waals surface area contributed by atoms with Crippen molar-refractivity contribution in [2.45, 2.75) is 52.1 Å². The topological polar surface area (TPSA) is 118 Å². The number of hydrogen-bond acceptors (Lipinski definition) is 5. The Labute approximate surface area is 165 Å². The van der Waals surface area contributed by atoms with Crippen LogP contribution in [0.1, 0.15) is 51.6 Å². The number of nitrogens with two attached hydrogens (primary N) is 1. The van der Waals surface area contributed by atoms with Gasteiger partial charge in [-0.05, 0) is 11.5 Å². The zero-order valence-corrected chi connectivity index (χ0v) is 16.6. The summed E-state index contributed by atoms with van der Waals surface area (Å²) in [6, 6.07) is 7.94. The molecule has 0 aromatic heterocycles. The van der Waals surface area contributed by atoms with E-state index in [4.69, 9.17) is 5.73 Å². The van der Waals surface area contributed by atoms with Crippen LogP contribution in [0.5, 0.6) is 0 Å². The lowest BCUT2D eigenvalue weighted by atomic mass is 9.82. The van der Waals surface area contributed by atoms with Crippen molar-refractivity contribution in [2.24, 2.45) is 23.5 Å². The van der Waals surface area contributed by atoms with Gasteiger partial charge in [0.05, 0.1) is 12.0 Å². The molecule has 1 aromatic rings. The zero-order chi connectivity index (χ0) is 20.8. The third kappa shape index (κ3) is 4.84. The van der Waals surface area contributed by atoms with Gasteiger partial charge in [-0.15, -0.1) is 0 Å². The quantitative estimate of drug-likeness (QED) is 0.438. The van der Waals surface area contributed by atoms with E-state index in [1.807, 2.05) is 44.2 Å². The predicted octanol–water partition coefficient (Wildman–Crippen LogP) is 1.48. The van der Waals surface area contributed by atoms with Crippen molar-refractivity contribution in [2.75, 3.05) is 0 Å². The van der Waals surface area contributed by atoms with Crippen LogP contribution in [0.4, 0.5) is 0 Å². The normalized spacial score (nSPS) is 21.3. The van der Waals surface area contributed by atoms with Crippen molar-refractivity contribution in [1.29, 1.82) is 0 Å². The molecular formula is C21H29N3O4. The molecule has 0 saturated carbocycles. The lowest BCUT2D eigenvalue weighted by Gasteiger charge is -2.28. The van der Waals surface area contributed by atoms with Crippen molar-refractivity contribution in [3.63, 3.8) is 0 Å². The molecule has 1 aliphatic heterocycles. The second-order valence-corrected chi connectivity index (χ2v) is 7.37. The van der Waals surface area contributed by atoms with Crippen LogP contribution in [0.2, 0.25) is 0 Å². The first kappa shape index (κ1) is 21.8. The van der Waals surface area contributed by atoms with E-state index in [9.17, 15) is 19.2 Å². The van der Waals surface area contributed by atoms with Crippen molar-refractivity contribution >= 4 is 23.5 Å². The van der Waals surface area contributed by atoms with Crippen LogP contribution >= 0.6 is 0 Å². The minimum atomic E-state index is -1.07. The molecule has 7 nitrogen and oxygen atoms in total. The molecule has 0 bridgehead atoms. The highest BCUT2D eigenvalue weighted by molar-refractivity contribution is 6.16. The highest BCUT2D eigenvalue weighted by Crippen LogP contribution is 2.25. The van der Waals surface area contributed by atoms with E-state index >= 15 is 0 Å². The summed E-state index contributed by atoms with van der Waals surface area (Å²) in [4.78, 5) is 49.6. The monoisotopic (exact) mass is 387 g/mol. The maximum Gasteiger partial charge on any atom is 0.238 e. The lowest BCUT2D eigenvalue weighted by Crippen LogP contribution is -2.50. The molecule has 4 N–H and O–H groups in total. The summed E-state index contributed by atoms with van der Waals surface area (Å²) in [5, 5.41) is 5.00. The molecule has 0 spiro atoms. The van der Waals surface area contributed by atoms with E-state index in [-0.39, 0.29) is 18.2 Å². The van der Waals surface area contributed by atoms with E-state index in [1.165, 1.54) is 0 Å². The Kier molecular flexibility index (Phi) is 7.45. The highest BCUT2D eigenvalue weighted by atomic mass is 16.2. The van der Waals surface area contributed by atoms with Gasteiger partial charge in [0.15, 0.2) is 5.78 Å². The highest BCUT2D eigenvalue weighted by Gasteiger charge is 2.46. The molecule has 28 heavy (non-hydrogen) atoms. The molecule has 1 aliphatic rings. The Hall–Kier alpha value is -2.54. The summed E-state index contributed by atoms with van der Waals surface area (Å²) in [7, 11) is 0. The van der Waals surface area contributed by atoms with E-state index in [2.05, 4.69) is 10.6 Å². The Bertz CT molecular complexity index is 730. The van der Waals surface area contributed by atoms with Crippen molar-refractivity contribution in [3.8, 4) is 0 Å². The zero-order valence-electron chi connectivity index (χ0n) is 16.6. The van der Waals surface area contributed by atoms with Gasteiger partial charge in [-0.2, -0.15) is 0 Å². The van der Waals surface area contributed by atoms with Gasteiger partial charge < -0.3 is 11.1 Å². The third-order valence-electron chi connectivity index (χ3n) is 5.53. The Morgan fingerprint density at radius 3 is 2.21 bits per heavy atom. The summed E-state index contributed by atoms with van der Waals surface area (Å²) in [6.45, 7) is 5.42. The average molecular weight is 387 g/mol. The Morgan fingerprint density at radius 1 is 1.11 bits per heavy atom. The fourth-order valence-corrected chi connectivity index (χ4v) is 3.69. The largest absolute Gasteiger partial charge is 0.346 e. The van der Waals surface area contributed by atoms with E-state index < -0.39 is 41.5 Å². The van der Waals surface area contributed by atoms with Crippen molar-refractivity contribution < 1.29 is 19.2 Å². The number of benzene rings is 1. The number of rotatable bonds is 9. The first-order valence-electron chi connectivity index (χ1n) is 9.78. The predicted molar refractivity (Wildman–Crippen MR) is 105 cm³/mol. The minimum absolute atomic E-state index is 0.0271. The van der Waals surface area contributed by atoms with Crippen LogP contribution in [-0.2, 0) is 19.2 Å². The molecule has 7 heteroatoms. The summed E-state index contributed by atoms with van der Waals surface area (Å²) in [5.41, 5.74) is 6.95. The molecule has 3 amide bonds. The summed E-state index contributed by atoms with van der Waals surface area (Å²) in [6.07, 6.45) is 1.35. The number of amides is 3.